The maximum atomic E-state index is 12.1. The van der Waals surface area contributed by atoms with E-state index in [4.69, 9.17) is 21.1 Å². The van der Waals surface area contributed by atoms with E-state index in [0.717, 1.165) is 0 Å². The van der Waals surface area contributed by atoms with Crippen LogP contribution >= 0.6 is 11.6 Å². The molecule has 0 aliphatic rings. The fourth-order valence-corrected chi connectivity index (χ4v) is 2.38. The molecular formula is C18H19ClN2O4. The third kappa shape index (κ3) is 5.12. The summed E-state index contributed by atoms with van der Waals surface area (Å²) >= 11 is 5.92. The molecule has 0 aliphatic heterocycles. The standard InChI is InChI=1S/C18H19ClN2O4/c1-24-15-6-4-3-5-13(15)18(23)20-10-9-17(22)21-14-11-12(19)7-8-16(14)25-2/h3-8,11H,9-10H2,1-2H3,(H,20,23)(H,21,22). The van der Waals surface area contributed by atoms with Crippen LogP contribution in [0.2, 0.25) is 5.02 Å². The van der Waals surface area contributed by atoms with Crippen LogP contribution in [0.15, 0.2) is 42.5 Å². The number of carbonyl (C=O) groups excluding carboxylic acids is 2. The zero-order chi connectivity index (χ0) is 18.2. The summed E-state index contributed by atoms with van der Waals surface area (Å²) in [5.41, 5.74) is 0.901. The van der Waals surface area contributed by atoms with Gasteiger partial charge in [-0.3, -0.25) is 9.59 Å². The minimum Gasteiger partial charge on any atom is -0.496 e. The van der Waals surface area contributed by atoms with Crippen molar-refractivity contribution in [3.05, 3.63) is 53.1 Å². The lowest BCUT2D eigenvalue weighted by molar-refractivity contribution is -0.116. The van der Waals surface area contributed by atoms with Gasteiger partial charge < -0.3 is 20.1 Å². The number of ether oxygens (including phenoxy) is 2. The number of hydrogen-bond acceptors (Lipinski definition) is 4. The molecule has 7 heteroatoms. The Kier molecular flexibility index (Phi) is 6.65. The molecule has 0 heterocycles. The minimum atomic E-state index is -0.300. The number of methoxy groups -OCH3 is 2. The first-order valence-electron chi connectivity index (χ1n) is 7.59. The number of hydrogen-bond donors (Lipinski definition) is 2. The van der Waals surface area contributed by atoms with E-state index in [2.05, 4.69) is 10.6 Å². The number of benzene rings is 2. The zero-order valence-electron chi connectivity index (χ0n) is 14.0. The third-order valence-electron chi connectivity index (χ3n) is 3.42. The molecule has 2 aromatic rings. The maximum Gasteiger partial charge on any atom is 0.255 e. The lowest BCUT2D eigenvalue weighted by Crippen LogP contribution is -2.28. The summed E-state index contributed by atoms with van der Waals surface area (Å²) in [7, 11) is 3.00. The third-order valence-corrected chi connectivity index (χ3v) is 3.66. The summed E-state index contributed by atoms with van der Waals surface area (Å²) in [5.74, 6) is 0.426. The molecule has 0 aromatic heterocycles. The second kappa shape index (κ2) is 8.94. The van der Waals surface area contributed by atoms with Crippen molar-refractivity contribution in [3.63, 3.8) is 0 Å². The van der Waals surface area contributed by atoms with Gasteiger partial charge in [0, 0.05) is 18.0 Å². The Morgan fingerprint density at radius 3 is 2.48 bits per heavy atom. The van der Waals surface area contributed by atoms with Gasteiger partial charge in [0.15, 0.2) is 0 Å². The molecule has 0 unspecified atom stereocenters. The average Bonchev–Trinajstić information content (AvgIpc) is 2.61. The quantitative estimate of drug-likeness (QED) is 0.793. The van der Waals surface area contributed by atoms with Gasteiger partial charge in [-0.2, -0.15) is 0 Å². The fourth-order valence-electron chi connectivity index (χ4n) is 2.21. The van der Waals surface area contributed by atoms with Crippen molar-refractivity contribution in [2.45, 2.75) is 6.42 Å². The first-order chi connectivity index (χ1) is 12.0. The Morgan fingerprint density at radius 1 is 1.04 bits per heavy atom. The number of halogens is 1. The highest BCUT2D eigenvalue weighted by molar-refractivity contribution is 6.31. The number of anilines is 1. The monoisotopic (exact) mass is 362 g/mol. The van der Waals surface area contributed by atoms with Crippen LogP contribution in [0.3, 0.4) is 0 Å². The molecule has 6 nitrogen and oxygen atoms in total. The van der Waals surface area contributed by atoms with E-state index in [1.165, 1.54) is 14.2 Å². The molecule has 0 radical (unpaired) electrons. The highest BCUT2D eigenvalue weighted by atomic mass is 35.5. The van der Waals surface area contributed by atoms with E-state index in [-0.39, 0.29) is 24.8 Å². The molecule has 2 N–H and O–H groups in total. The van der Waals surface area contributed by atoms with Gasteiger partial charge >= 0.3 is 0 Å². The van der Waals surface area contributed by atoms with Crippen LogP contribution in [-0.2, 0) is 4.79 Å². The van der Waals surface area contributed by atoms with Crippen molar-refractivity contribution in [3.8, 4) is 11.5 Å². The largest absolute Gasteiger partial charge is 0.496 e. The summed E-state index contributed by atoms with van der Waals surface area (Å²) in [6.45, 7) is 0.186. The molecule has 0 fully saturated rings. The molecule has 2 aromatic carbocycles. The Hall–Kier alpha value is -2.73. The smallest absolute Gasteiger partial charge is 0.255 e. The summed E-state index contributed by atoms with van der Waals surface area (Å²) in [6, 6.07) is 11.8. The summed E-state index contributed by atoms with van der Waals surface area (Å²) in [5, 5.41) is 5.89. The van der Waals surface area contributed by atoms with Crippen LogP contribution in [-0.4, -0.2) is 32.6 Å². The van der Waals surface area contributed by atoms with Gasteiger partial charge in [0.25, 0.3) is 5.91 Å². The van der Waals surface area contributed by atoms with E-state index >= 15 is 0 Å². The molecule has 0 aliphatic carbocycles. The molecule has 0 spiro atoms. The van der Waals surface area contributed by atoms with Crippen molar-refractivity contribution in [2.75, 3.05) is 26.1 Å². The molecule has 2 rings (SSSR count). The Labute approximate surface area is 151 Å². The molecule has 0 saturated heterocycles. The minimum absolute atomic E-state index is 0.108. The van der Waals surface area contributed by atoms with Crippen molar-refractivity contribution in [1.29, 1.82) is 0 Å². The van der Waals surface area contributed by atoms with E-state index in [1.54, 1.807) is 42.5 Å². The van der Waals surface area contributed by atoms with Crippen molar-refractivity contribution < 1.29 is 19.1 Å². The number of amides is 2. The Morgan fingerprint density at radius 2 is 1.76 bits per heavy atom. The summed E-state index contributed by atoms with van der Waals surface area (Å²) in [6.07, 6.45) is 0.108. The van der Waals surface area contributed by atoms with E-state index in [9.17, 15) is 9.59 Å². The van der Waals surface area contributed by atoms with Crippen LogP contribution in [0.5, 0.6) is 11.5 Å². The van der Waals surface area contributed by atoms with Crippen LogP contribution in [0, 0.1) is 0 Å². The molecular weight excluding hydrogens is 344 g/mol. The zero-order valence-corrected chi connectivity index (χ0v) is 14.7. The van der Waals surface area contributed by atoms with Crippen LogP contribution < -0.4 is 20.1 Å². The molecule has 0 saturated carbocycles. The van der Waals surface area contributed by atoms with E-state index < -0.39 is 0 Å². The molecule has 132 valence electrons. The predicted octanol–water partition coefficient (Wildman–Crippen LogP) is 3.12. The number of rotatable bonds is 7. The van der Waals surface area contributed by atoms with Gasteiger partial charge in [-0.15, -0.1) is 0 Å². The van der Waals surface area contributed by atoms with Crippen LogP contribution in [0.4, 0.5) is 5.69 Å². The molecule has 2 amide bonds. The lowest BCUT2D eigenvalue weighted by Gasteiger charge is -2.11. The Bertz CT molecular complexity index is 764. The Balaban J connectivity index is 1.88. The number of nitrogens with one attached hydrogen (secondary N) is 2. The highest BCUT2D eigenvalue weighted by Crippen LogP contribution is 2.27. The molecule has 0 atom stereocenters. The second-order valence-electron chi connectivity index (χ2n) is 5.10. The number of carbonyl (C=O) groups is 2. The molecule has 0 bridgehead atoms. The molecule has 25 heavy (non-hydrogen) atoms. The normalized spacial score (nSPS) is 10.0. The predicted molar refractivity (Wildman–Crippen MR) is 96.6 cm³/mol. The number of para-hydroxylation sites is 1. The first kappa shape index (κ1) is 18.6. The van der Waals surface area contributed by atoms with Gasteiger partial charge in [0.2, 0.25) is 5.91 Å². The average molecular weight is 363 g/mol. The maximum absolute atomic E-state index is 12.1. The highest BCUT2D eigenvalue weighted by Gasteiger charge is 2.12. The van der Waals surface area contributed by atoms with Gasteiger partial charge in [-0.1, -0.05) is 23.7 Å². The summed E-state index contributed by atoms with van der Waals surface area (Å²) < 4.78 is 10.3. The van der Waals surface area contributed by atoms with Gasteiger partial charge in [-0.05, 0) is 30.3 Å². The van der Waals surface area contributed by atoms with Crippen molar-refractivity contribution in [2.24, 2.45) is 0 Å². The second-order valence-corrected chi connectivity index (χ2v) is 5.54. The SMILES string of the molecule is COc1ccc(Cl)cc1NC(=O)CCNC(=O)c1ccccc1OC. The van der Waals surface area contributed by atoms with Crippen molar-refractivity contribution in [1.82, 2.24) is 5.32 Å². The van der Waals surface area contributed by atoms with E-state index in [1.807, 2.05) is 0 Å². The topological polar surface area (TPSA) is 76.7 Å². The lowest BCUT2D eigenvalue weighted by atomic mass is 10.2. The first-order valence-corrected chi connectivity index (χ1v) is 7.97. The summed E-state index contributed by atoms with van der Waals surface area (Å²) in [4.78, 5) is 24.2. The van der Waals surface area contributed by atoms with E-state index in [0.29, 0.717) is 27.8 Å². The van der Waals surface area contributed by atoms with Crippen LogP contribution in [0.25, 0.3) is 0 Å². The van der Waals surface area contributed by atoms with Gasteiger partial charge in [-0.25, -0.2) is 0 Å². The van der Waals surface area contributed by atoms with Crippen LogP contribution in [0.1, 0.15) is 16.8 Å². The van der Waals surface area contributed by atoms with Gasteiger partial charge in [0.1, 0.15) is 11.5 Å². The fraction of sp³-hybridized carbons (Fsp3) is 0.222. The van der Waals surface area contributed by atoms with Crippen molar-refractivity contribution >= 4 is 29.1 Å². The van der Waals surface area contributed by atoms with Gasteiger partial charge in [0.05, 0.1) is 25.5 Å².